The van der Waals surface area contributed by atoms with Crippen LogP contribution in [0.25, 0.3) is 28.0 Å². The lowest BCUT2D eigenvalue weighted by atomic mass is 10.1. The number of hydrogen-bond acceptors (Lipinski definition) is 1. The number of nitrogens with zero attached hydrogens (tertiary/aromatic N) is 2. The Labute approximate surface area is 125 Å². The molecule has 2 aromatic carbocycles. The zero-order valence-electron chi connectivity index (χ0n) is 10.6. The molecule has 0 aromatic heterocycles. The van der Waals surface area contributed by atoms with E-state index in [1.54, 1.807) is 0 Å². The fourth-order valence-corrected chi connectivity index (χ4v) is 2.96. The maximum absolute atomic E-state index is 4.77. The molecule has 3 heteroatoms. The smallest absolute Gasteiger partial charge is 0.145 e. The Morgan fingerprint density at radius 1 is 0.900 bits per heavy atom. The molecule has 2 aromatic rings. The molecule has 0 saturated heterocycles. The first-order valence-corrected chi connectivity index (χ1v) is 7.24. The van der Waals surface area contributed by atoms with Crippen LogP contribution in [0.2, 0.25) is 0 Å². The standard InChI is InChI=1S/C17H11BrN2/c18-12-5-3-6-13(11-12)20-10-4-8-15-14-7-1-2-9-16(14)19-17(15)20/h1-11H. The van der Waals surface area contributed by atoms with E-state index in [0.717, 1.165) is 21.5 Å². The third-order valence-electron chi connectivity index (χ3n) is 3.47. The van der Waals surface area contributed by atoms with Crippen LogP contribution in [-0.4, -0.2) is 9.55 Å². The van der Waals surface area contributed by atoms with Gasteiger partial charge in [0.1, 0.15) is 5.82 Å². The van der Waals surface area contributed by atoms with E-state index in [0.29, 0.717) is 0 Å². The van der Waals surface area contributed by atoms with Crippen LogP contribution < -0.4 is 0 Å². The fourth-order valence-electron chi connectivity index (χ4n) is 2.57. The summed E-state index contributed by atoms with van der Waals surface area (Å²) in [6.45, 7) is 0. The van der Waals surface area contributed by atoms with Gasteiger partial charge in [0.15, 0.2) is 0 Å². The summed E-state index contributed by atoms with van der Waals surface area (Å²) in [4.78, 5) is 4.77. The van der Waals surface area contributed by atoms with Gasteiger partial charge in [-0.3, -0.25) is 0 Å². The summed E-state index contributed by atoms with van der Waals surface area (Å²) >= 11 is 3.52. The Morgan fingerprint density at radius 3 is 2.70 bits per heavy atom. The molecule has 0 atom stereocenters. The molecule has 2 aliphatic heterocycles. The zero-order valence-corrected chi connectivity index (χ0v) is 12.2. The summed E-state index contributed by atoms with van der Waals surface area (Å²) in [5, 5.41) is 1.20. The molecule has 0 unspecified atom stereocenters. The molecule has 0 spiro atoms. The molecule has 2 nitrogen and oxygen atoms in total. The number of pyridine rings is 1. The lowest BCUT2D eigenvalue weighted by Gasteiger charge is -2.11. The molecule has 2 heterocycles. The highest BCUT2D eigenvalue weighted by atomic mass is 79.9. The van der Waals surface area contributed by atoms with Gasteiger partial charge in [0, 0.05) is 27.3 Å². The van der Waals surface area contributed by atoms with Crippen LogP contribution in [0.3, 0.4) is 0 Å². The molecule has 0 bridgehead atoms. The number of halogens is 1. The topological polar surface area (TPSA) is 17.8 Å². The molecule has 2 aliphatic rings. The second-order valence-corrected chi connectivity index (χ2v) is 5.64. The summed E-state index contributed by atoms with van der Waals surface area (Å²) in [6, 6.07) is 20.7. The van der Waals surface area contributed by atoms with Gasteiger partial charge in [0.05, 0.1) is 5.52 Å². The van der Waals surface area contributed by atoms with Crippen LogP contribution in [0.15, 0.2) is 71.3 Å². The van der Waals surface area contributed by atoms with Gasteiger partial charge in [-0.05, 0) is 36.4 Å². The summed E-state index contributed by atoms with van der Waals surface area (Å²) in [5.74, 6) is 0.992. The van der Waals surface area contributed by atoms with Crippen molar-refractivity contribution in [2.24, 2.45) is 0 Å². The Morgan fingerprint density at radius 2 is 1.80 bits per heavy atom. The van der Waals surface area contributed by atoms with Gasteiger partial charge in [-0.2, -0.15) is 0 Å². The first kappa shape index (κ1) is 11.7. The number of fused-ring (bicyclic) bond motifs is 3. The highest BCUT2D eigenvalue weighted by molar-refractivity contribution is 9.10. The lowest BCUT2D eigenvalue weighted by molar-refractivity contribution is 1.02. The summed E-state index contributed by atoms with van der Waals surface area (Å²) in [7, 11) is 0. The van der Waals surface area contributed by atoms with Gasteiger partial charge in [0.25, 0.3) is 0 Å². The van der Waals surface area contributed by atoms with Crippen LogP contribution in [0.5, 0.6) is 0 Å². The minimum absolute atomic E-state index is 0.992. The van der Waals surface area contributed by atoms with Crippen LogP contribution in [-0.2, 0) is 0 Å². The molecule has 4 rings (SSSR count). The summed E-state index contributed by atoms with van der Waals surface area (Å²) < 4.78 is 3.19. The van der Waals surface area contributed by atoms with Crippen molar-refractivity contribution >= 4 is 26.8 Å². The molecule has 96 valence electrons. The van der Waals surface area contributed by atoms with E-state index in [1.807, 2.05) is 18.2 Å². The van der Waals surface area contributed by atoms with Crippen molar-refractivity contribution < 1.29 is 0 Å². The van der Waals surface area contributed by atoms with Crippen molar-refractivity contribution in [3.8, 4) is 17.1 Å². The van der Waals surface area contributed by atoms with E-state index < -0.39 is 0 Å². The normalized spacial score (nSPS) is 11.2. The van der Waals surface area contributed by atoms with Crippen LogP contribution in [0.1, 0.15) is 0 Å². The minimum Gasteiger partial charge on any atom is -0.301 e. The van der Waals surface area contributed by atoms with Gasteiger partial charge >= 0.3 is 0 Å². The number of benzene rings is 2. The molecule has 0 fully saturated rings. The number of aromatic nitrogens is 2. The molecule has 0 amide bonds. The predicted octanol–water partition coefficient (Wildman–Crippen LogP) is 4.89. The predicted molar refractivity (Wildman–Crippen MR) is 85.4 cm³/mol. The summed E-state index contributed by atoms with van der Waals surface area (Å²) in [6.07, 6.45) is 2.05. The highest BCUT2D eigenvalue weighted by Crippen LogP contribution is 2.32. The largest absolute Gasteiger partial charge is 0.301 e. The number of rotatable bonds is 1. The maximum Gasteiger partial charge on any atom is 0.145 e. The average molecular weight is 323 g/mol. The number of hydrogen-bond donors (Lipinski definition) is 0. The highest BCUT2D eigenvalue weighted by Gasteiger charge is 2.14. The van der Waals surface area contributed by atoms with Gasteiger partial charge in [0.2, 0.25) is 0 Å². The Bertz CT molecular complexity index is 879. The zero-order chi connectivity index (χ0) is 13.5. The minimum atomic E-state index is 0.992. The second kappa shape index (κ2) is 4.46. The average Bonchev–Trinajstić information content (AvgIpc) is 2.86. The van der Waals surface area contributed by atoms with Crippen molar-refractivity contribution in [3.63, 3.8) is 0 Å². The van der Waals surface area contributed by atoms with Gasteiger partial charge in [-0.25, -0.2) is 4.98 Å². The van der Waals surface area contributed by atoms with E-state index in [1.165, 1.54) is 10.9 Å². The van der Waals surface area contributed by atoms with Crippen molar-refractivity contribution in [2.75, 3.05) is 0 Å². The quantitative estimate of drug-likeness (QED) is 0.487. The van der Waals surface area contributed by atoms with Crippen LogP contribution >= 0.6 is 15.9 Å². The lowest BCUT2D eigenvalue weighted by Crippen LogP contribution is -1.99. The van der Waals surface area contributed by atoms with Gasteiger partial charge in [-0.15, -0.1) is 0 Å². The maximum atomic E-state index is 4.77. The van der Waals surface area contributed by atoms with Crippen molar-refractivity contribution in [1.29, 1.82) is 0 Å². The second-order valence-electron chi connectivity index (χ2n) is 4.72. The Kier molecular flexibility index (Phi) is 2.60. The molecular weight excluding hydrogens is 312 g/mol. The molecule has 0 radical (unpaired) electrons. The molecule has 0 aliphatic carbocycles. The third kappa shape index (κ3) is 1.74. The van der Waals surface area contributed by atoms with E-state index in [2.05, 4.69) is 69.2 Å². The van der Waals surface area contributed by atoms with E-state index in [4.69, 9.17) is 4.98 Å². The van der Waals surface area contributed by atoms with Crippen molar-refractivity contribution in [3.05, 3.63) is 71.3 Å². The first-order valence-electron chi connectivity index (χ1n) is 6.45. The Hall–Kier alpha value is -2.13. The van der Waals surface area contributed by atoms with Crippen LogP contribution in [0.4, 0.5) is 0 Å². The first-order chi connectivity index (χ1) is 9.83. The van der Waals surface area contributed by atoms with E-state index >= 15 is 0 Å². The third-order valence-corrected chi connectivity index (χ3v) is 3.97. The van der Waals surface area contributed by atoms with Gasteiger partial charge in [-0.1, -0.05) is 40.2 Å². The molecule has 0 N–H and O–H groups in total. The SMILES string of the molecule is Brc1cccc(-n2cccc3c4ccccc4nc2-3)c1. The monoisotopic (exact) mass is 322 g/mol. The molecule has 20 heavy (non-hydrogen) atoms. The van der Waals surface area contributed by atoms with Crippen molar-refractivity contribution in [1.82, 2.24) is 9.55 Å². The summed E-state index contributed by atoms with van der Waals surface area (Å²) in [5.41, 5.74) is 3.33. The molecular formula is C17H11BrN2. The number of para-hydroxylation sites is 1. The van der Waals surface area contributed by atoms with Crippen molar-refractivity contribution in [2.45, 2.75) is 0 Å². The molecule has 0 saturated carbocycles. The van der Waals surface area contributed by atoms with E-state index in [9.17, 15) is 0 Å². The Balaban J connectivity index is 2.04. The van der Waals surface area contributed by atoms with Gasteiger partial charge < -0.3 is 4.57 Å². The fraction of sp³-hybridized carbons (Fsp3) is 0. The van der Waals surface area contributed by atoms with Crippen LogP contribution in [0, 0.1) is 0 Å². The van der Waals surface area contributed by atoms with E-state index in [-0.39, 0.29) is 0 Å².